The summed E-state index contributed by atoms with van der Waals surface area (Å²) in [5, 5.41) is 4.18. The van der Waals surface area contributed by atoms with E-state index in [1.165, 1.54) is 16.7 Å². The Labute approximate surface area is 264 Å². The van der Waals surface area contributed by atoms with Crippen LogP contribution < -0.4 is 14.8 Å². The second kappa shape index (κ2) is 12.6. The summed E-state index contributed by atoms with van der Waals surface area (Å²) in [4.78, 5) is 8.52. The van der Waals surface area contributed by atoms with E-state index < -0.39 is 21.8 Å². The summed E-state index contributed by atoms with van der Waals surface area (Å²) >= 11 is 0. The van der Waals surface area contributed by atoms with Gasteiger partial charge in [0.2, 0.25) is 10.0 Å². The number of hydrogen-bond donors (Lipinski definition) is 1. The quantitative estimate of drug-likeness (QED) is 0.161. The summed E-state index contributed by atoms with van der Waals surface area (Å²) in [6.45, 7) is 0.473. The van der Waals surface area contributed by atoms with Crippen LogP contribution in [0.4, 0.5) is 19.0 Å². The van der Waals surface area contributed by atoms with Gasteiger partial charge in [0, 0.05) is 36.1 Å². The molecule has 1 heterocycles. The van der Waals surface area contributed by atoms with Gasteiger partial charge in [0.05, 0.1) is 30.2 Å². The number of anilines is 1. The van der Waals surface area contributed by atoms with Gasteiger partial charge in [-0.2, -0.15) is 17.5 Å². The monoisotopic (exact) mass is 648 g/mol. The second-order valence-electron chi connectivity index (χ2n) is 11.0. The van der Waals surface area contributed by atoms with Crippen molar-refractivity contribution in [3.8, 4) is 22.6 Å². The predicted octanol–water partition coefficient (Wildman–Crippen LogP) is 7.30. The Morgan fingerprint density at radius 2 is 1.67 bits per heavy atom. The lowest BCUT2D eigenvalue weighted by Crippen LogP contribution is -2.32. The zero-order valence-corrected chi connectivity index (χ0v) is 25.9. The first-order valence-corrected chi connectivity index (χ1v) is 16.0. The lowest BCUT2D eigenvalue weighted by molar-refractivity contribution is -0.137. The average Bonchev–Trinajstić information content (AvgIpc) is 3.91. The number of nitrogens with one attached hydrogen (secondary N) is 1. The number of fused-ring (bicyclic) bond motifs is 1. The molecule has 0 atom stereocenters. The summed E-state index contributed by atoms with van der Waals surface area (Å²) in [6.07, 6.45) is -1.85. The van der Waals surface area contributed by atoms with E-state index >= 15 is 0 Å². The Bertz CT molecular complexity index is 2000. The molecule has 6 rings (SSSR count). The molecule has 0 radical (unpaired) electrons. The zero-order chi connectivity index (χ0) is 32.5. The number of hydrogen-bond acceptors (Lipinski definition) is 7. The molecule has 46 heavy (non-hydrogen) atoms. The van der Waals surface area contributed by atoms with Crippen LogP contribution in [0.5, 0.6) is 11.5 Å². The van der Waals surface area contributed by atoms with Crippen LogP contribution in [0.15, 0.2) is 96.2 Å². The summed E-state index contributed by atoms with van der Waals surface area (Å²) < 4.78 is 79.4. The molecule has 12 heteroatoms. The fraction of sp³-hybridized carbons (Fsp3) is 0.235. The molecule has 1 aliphatic carbocycles. The van der Waals surface area contributed by atoms with E-state index in [0.29, 0.717) is 48.3 Å². The molecule has 8 nitrogen and oxygen atoms in total. The van der Waals surface area contributed by atoms with Gasteiger partial charge >= 0.3 is 6.18 Å². The molecule has 0 saturated heterocycles. The maximum absolute atomic E-state index is 13.6. The number of aromatic nitrogens is 2. The number of rotatable bonds is 11. The largest absolute Gasteiger partial charge is 0.497 e. The molecule has 0 unspecified atom stereocenters. The number of sulfonamides is 1. The number of benzene rings is 4. The Morgan fingerprint density at radius 1 is 0.891 bits per heavy atom. The molecule has 0 spiro atoms. The van der Waals surface area contributed by atoms with Gasteiger partial charge in [-0.15, -0.1) is 0 Å². The van der Waals surface area contributed by atoms with Crippen molar-refractivity contribution >= 4 is 26.7 Å². The van der Waals surface area contributed by atoms with Crippen LogP contribution in [0.3, 0.4) is 0 Å². The van der Waals surface area contributed by atoms with Crippen molar-refractivity contribution < 1.29 is 31.1 Å². The Morgan fingerprint density at radius 3 is 2.41 bits per heavy atom. The van der Waals surface area contributed by atoms with Crippen molar-refractivity contribution in [2.45, 2.75) is 43.0 Å². The molecule has 1 fully saturated rings. The molecule has 1 aromatic heterocycles. The Balaban J connectivity index is 1.27. The highest BCUT2D eigenvalue weighted by atomic mass is 32.2. The third-order valence-electron chi connectivity index (χ3n) is 7.90. The van der Waals surface area contributed by atoms with Gasteiger partial charge in [-0.1, -0.05) is 30.3 Å². The van der Waals surface area contributed by atoms with Crippen molar-refractivity contribution in [1.29, 1.82) is 0 Å². The maximum Gasteiger partial charge on any atom is 0.416 e. The summed E-state index contributed by atoms with van der Waals surface area (Å²) in [5.74, 6) is 2.00. The number of halogens is 3. The molecule has 1 N–H and O–H groups in total. The SMILES string of the molecule is COc1ccc(CNc2ncnc3ccc(-c4cccc(CN(C5CC5)S(=O)(=O)c5cccc(C(F)(F)F)c5)c4)cc23)c(OC)c1. The van der Waals surface area contributed by atoms with Crippen LogP contribution in [-0.2, 0) is 29.3 Å². The van der Waals surface area contributed by atoms with E-state index in [-0.39, 0.29) is 17.5 Å². The van der Waals surface area contributed by atoms with Crippen LogP contribution in [0.2, 0.25) is 0 Å². The fourth-order valence-corrected chi connectivity index (χ4v) is 7.04. The van der Waals surface area contributed by atoms with Gasteiger partial charge in [0.25, 0.3) is 0 Å². The van der Waals surface area contributed by atoms with Crippen LogP contribution in [0.1, 0.15) is 29.5 Å². The average molecular weight is 649 g/mol. The van der Waals surface area contributed by atoms with E-state index in [4.69, 9.17) is 9.47 Å². The van der Waals surface area contributed by atoms with E-state index in [1.807, 2.05) is 60.7 Å². The molecular formula is C34H31F3N4O4S. The molecule has 0 amide bonds. The standard InChI is InChI=1S/C34H31F3N4O4S/c1-44-28-13-9-25(32(18-28)45-2)19-38-33-30-16-24(10-14-31(30)39-21-40-33)23-6-3-5-22(15-23)20-41(27-11-12-27)46(42,43)29-8-4-7-26(17-29)34(35,36)37/h3-10,13-18,21,27H,11-12,19-20H2,1-2H3,(H,38,39,40). The summed E-state index contributed by atoms with van der Waals surface area (Å²) in [6, 6.07) is 22.5. The highest BCUT2D eigenvalue weighted by molar-refractivity contribution is 7.89. The lowest BCUT2D eigenvalue weighted by Gasteiger charge is -2.23. The topological polar surface area (TPSA) is 93.6 Å². The number of alkyl halides is 3. The van der Waals surface area contributed by atoms with Crippen molar-refractivity contribution in [1.82, 2.24) is 14.3 Å². The summed E-state index contributed by atoms with van der Waals surface area (Å²) in [5.41, 5.74) is 3.09. The number of methoxy groups -OCH3 is 2. The van der Waals surface area contributed by atoms with Crippen molar-refractivity contribution in [3.05, 3.63) is 108 Å². The van der Waals surface area contributed by atoms with E-state index in [1.54, 1.807) is 14.2 Å². The van der Waals surface area contributed by atoms with Crippen LogP contribution in [0.25, 0.3) is 22.0 Å². The van der Waals surface area contributed by atoms with E-state index in [2.05, 4.69) is 15.3 Å². The Hall–Kier alpha value is -4.68. The third kappa shape index (κ3) is 6.63. The second-order valence-corrected chi connectivity index (χ2v) is 12.9. The van der Waals surface area contributed by atoms with E-state index in [0.717, 1.165) is 39.7 Å². The van der Waals surface area contributed by atoms with Gasteiger partial charge < -0.3 is 14.8 Å². The molecule has 0 bridgehead atoms. The first-order chi connectivity index (χ1) is 22.1. The fourth-order valence-electron chi connectivity index (χ4n) is 5.32. The highest BCUT2D eigenvalue weighted by Gasteiger charge is 2.39. The summed E-state index contributed by atoms with van der Waals surface area (Å²) in [7, 11) is -0.980. The first-order valence-electron chi connectivity index (χ1n) is 14.5. The molecule has 5 aromatic rings. The maximum atomic E-state index is 13.6. The van der Waals surface area contributed by atoms with E-state index in [9.17, 15) is 21.6 Å². The van der Waals surface area contributed by atoms with Crippen molar-refractivity contribution in [2.24, 2.45) is 0 Å². The highest BCUT2D eigenvalue weighted by Crippen LogP contribution is 2.37. The smallest absolute Gasteiger partial charge is 0.416 e. The minimum Gasteiger partial charge on any atom is -0.497 e. The van der Waals surface area contributed by atoms with Gasteiger partial charge in [-0.25, -0.2) is 18.4 Å². The first kappa shape index (κ1) is 31.3. The number of nitrogens with zero attached hydrogens (tertiary/aromatic N) is 3. The molecule has 1 aliphatic rings. The Kier molecular flexibility index (Phi) is 8.58. The number of ether oxygens (including phenoxy) is 2. The molecular weight excluding hydrogens is 617 g/mol. The molecule has 4 aromatic carbocycles. The lowest BCUT2D eigenvalue weighted by atomic mass is 10.0. The van der Waals surface area contributed by atoms with Crippen molar-refractivity contribution in [3.63, 3.8) is 0 Å². The van der Waals surface area contributed by atoms with Gasteiger partial charge in [-0.3, -0.25) is 0 Å². The minimum atomic E-state index is -4.65. The third-order valence-corrected chi connectivity index (χ3v) is 9.79. The zero-order valence-electron chi connectivity index (χ0n) is 25.1. The van der Waals surface area contributed by atoms with Crippen LogP contribution in [0, 0.1) is 0 Å². The van der Waals surface area contributed by atoms with Gasteiger partial charge in [0.15, 0.2) is 0 Å². The van der Waals surface area contributed by atoms with Gasteiger partial charge in [-0.05, 0) is 78.1 Å². The van der Waals surface area contributed by atoms with Gasteiger partial charge in [0.1, 0.15) is 23.6 Å². The molecule has 0 aliphatic heterocycles. The van der Waals surface area contributed by atoms with Crippen molar-refractivity contribution in [2.75, 3.05) is 19.5 Å². The van der Waals surface area contributed by atoms with Crippen LogP contribution >= 0.6 is 0 Å². The van der Waals surface area contributed by atoms with Crippen LogP contribution in [-0.4, -0.2) is 43.0 Å². The normalized spacial score (nSPS) is 13.6. The molecule has 1 saturated carbocycles. The molecule has 238 valence electrons. The minimum absolute atomic E-state index is 0.0320. The predicted molar refractivity (Wildman–Crippen MR) is 169 cm³/mol.